The van der Waals surface area contributed by atoms with E-state index in [-0.39, 0.29) is 0 Å². The van der Waals surface area contributed by atoms with Crippen molar-refractivity contribution in [3.8, 4) is 11.1 Å². The van der Waals surface area contributed by atoms with Gasteiger partial charge in [0.15, 0.2) is 0 Å². The van der Waals surface area contributed by atoms with E-state index in [1.807, 2.05) is 12.1 Å². The molecule has 1 aliphatic carbocycles. The van der Waals surface area contributed by atoms with Crippen LogP contribution in [0.3, 0.4) is 0 Å². The fraction of sp³-hybridized carbons (Fsp3) is 0.100. The van der Waals surface area contributed by atoms with Crippen LogP contribution in [-0.2, 0) is 6.42 Å². The van der Waals surface area contributed by atoms with Gasteiger partial charge in [-0.25, -0.2) is 0 Å². The van der Waals surface area contributed by atoms with E-state index in [0.29, 0.717) is 5.92 Å². The predicted molar refractivity (Wildman–Crippen MR) is 88.9 cm³/mol. The molecule has 0 radical (unpaired) electrons. The monoisotopic (exact) mass is 290 g/mol. The minimum atomic E-state index is 0.411. The van der Waals surface area contributed by atoms with E-state index < -0.39 is 0 Å². The van der Waals surface area contributed by atoms with E-state index >= 15 is 0 Å². The Morgan fingerprint density at radius 3 is 2.19 bits per heavy atom. The predicted octanol–water partition coefficient (Wildman–Crippen LogP) is 5.70. The Hall–Kier alpha value is -2.05. The second kappa shape index (κ2) is 5.05. The van der Waals surface area contributed by atoms with Gasteiger partial charge in [-0.2, -0.15) is 0 Å². The number of fused-ring (bicyclic) bond motifs is 3. The maximum absolute atomic E-state index is 6.03. The summed E-state index contributed by atoms with van der Waals surface area (Å²) in [4.78, 5) is 0. The summed E-state index contributed by atoms with van der Waals surface area (Å²) in [5, 5.41) is 0.795. The van der Waals surface area contributed by atoms with Gasteiger partial charge in [0.1, 0.15) is 0 Å². The van der Waals surface area contributed by atoms with Gasteiger partial charge in [0.05, 0.1) is 0 Å². The molecule has 1 atom stereocenters. The van der Waals surface area contributed by atoms with Crippen molar-refractivity contribution in [3.05, 3.63) is 94.5 Å². The summed E-state index contributed by atoms with van der Waals surface area (Å²) in [6.45, 7) is 0. The van der Waals surface area contributed by atoms with Gasteiger partial charge in [0.25, 0.3) is 0 Å². The van der Waals surface area contributed by atoms with Gasteiger partial charge in [0, 0.05) is 10.9 Å². The normalized spacial score (nSPS) is 16.1. The summed E-state index contributed by atoms with van der Waals surface area (Å²) in [6.07, 6.45) is 1.05. The third-order valence-electron chi connectivity index (χ3n) is 4.34. The summed E-state index contributed by atoms with van der Waals surface area (Å²) in [6, 6.07) is 25.7. The van der Waals surface area contributed by atoms with E-state index in [9.17, 15) is 0 Å². The Bertz CT molecular complexity index is 787. The van der Waals surface area contributed by atoms with Crippen LogP contribution in [0.25, 0.3) is 11.1 Å². The first-order valence-corrected chi connectivity index (χ1v) is 7.63. The van der Waals surface area contributed by atoms with Crippen LogP contribution in [-0.4, -0.2) is 0 Å². The zero-order valence-corrected chi connectivity index (χ0v) is 12.3. The molecule has 0 saturated heterocycles. The lowest BCUT2D eigenvalue weighted by Crippen LogP contribution is -2.12. The lowest BCUT2D eigenvalue weighted by molar-refractivity contribution is 0.794. The van der Waals surface area contributed by atoms with E-state index in [0.717, 1.165) is 11.4 Å². The average Bonchev–Trinajstić information content (AvgIpc) is 2.55. The molecule has 0 fully saturated rings. The molecule has 1 aliphatic rings. The van der Waals surface area contributed by atoms with Crippen molar-refractivity contribution in [1.29, 1.82) is 0 Å². The maximum atomic E-state index is 6.03. The lowest BCUT2D eigenvalue weighted by atomic mass is 9.76. The molecule has 0 spiro atoms. The van der Waals surface area contributed by atoms with Crippen LogP contribution in [0.5, 0.6) is 0 Å². The summed E-state index contributed by atoms with van der Waals surface area (Å²) >= 11 is 6.03. The lowest BCUT2D eigenvalue weighted by Gasteiger charge is -2.28. The van der Waals surface area contributed by atoms with Crippen LogP contribution in [0.4, 0.5) is 0 Å². The Kier molecular flexibility index (Phi) is 3.05. The van der Waals surface area contributed by atoms with Gasteiger partial charge >= 0.3 is 0 Å². The molecular weight excluding hydrogens is 276 g/mol. The molecule has 102 valence electrons. The Labute approximate surface area is 130 Å². The second-order valence-corrected chi connectivity index (χ2v) is 5.99. The fourth-order valence-electron chi connectivity index (χ4n) is 3.33. The van der Waals surface area contributed by atoms with Gasteiger partial charge in [-0.15, -0.1) is 0 Å². The largest absolute Gasteiger partial charge is 0.0843 e. The number of hydrogen-bond acceptors (Lipinski definition) is 0. The highest BCUT2D eigenvalue weighted by Gasteiger charge is 2.25. The molecule has 3 aromatic carbocycles. The molecule has 1 heteroatoms. The minimum Gasteiger partial charge on any atom is -0.0843 e. The molecule has 0 heterocycles. The fourth-order valence-corrected chi connectivity index (χ4v) is 3.46. The Balaban J connectivity index is 1.90. The molecule has 0 unspecified atom stereocenters. The topological polar surface area (TPSA) is 0 Å². The molecule has 0 aromatic heterocycles. The van der Waals surface area contributed by atoms with Crippen LogP contribution in [0.1, 0.15) is 22.6 Å². The summed E-state index contributed by atoms with van der Waals surface area (Å²) in [5.74, 6) is 0.411. The minimum absolute atomic E-state index is 0.411. The van der Waals surface area contributed by atoms with E-state index in [1.165, 1.54) is 27.8 Å². The van der Waals surface area contributed by atoms with Crippen LogP contribution in [0.15, 0.2) is 72.8 Å². The van der Waals surface area contributed by atoms with Gasteiger partial charge in [-0.3, -0.25) is 0 Å². The van der Waals surface area contributed by atoms with Crippen LogP contribution in [0, 0.1) is 0 Å². The van der Waals surface area contributed by atoms with Gasteiger partial charge < -0.3 is 0 Å². The van der Waals surface area contributed by atoms with Gasteiger partial charge in [-0.1, -0.05) is 72.3 Å². The zero-order valence-electron chi connectivity index (χ0n) is 11.6. The summed E-state index contributed by atoms with van der Waals surface area (Å²) in [7, 11) is 0. The molecule has 0 saturated carbocycles. The molecule has 21 heavy (non-hydrogen) atoms. The summed E-state index contributed by atoms with van der Waals surface area (Å²) < 4.78 is 0. The number of halogens is 1. The van der Waals surface area contributed by atoms with Crippen molar-refractivity contribution in [1.82, 2.24) is 0 Å². The number of hydrogen-bond donors (Lipinski definition) is 0. The van der Waals surface area contributed by atoms with E-state index in [4.69, 9.17) is 11.6 Å². The average molecular weight is 291 g/mol. The third-order valence-corrected chi connectivity index (χ3v) is 4.59. The third kappa shape index (κ3) is 2.16. The first-order chi connectivity index (χ1) is 10.3. The highest BCUT2D eigenvalue weighted by atomic mass is 35.5. The van der Waals surface area contributed by atoms with Gasteiger partial charge in [0.2, 0.25) is 0 Å². The molecule has 0 amide bonds. The molecule has 4 rings (SSSR count). The van der Waals surface area contributed by atoms with Crippen molar-refractivity contribution in [2.75, 3.05) is 0 Å². The molecule has 0 N–H and O–H groups in total. The maximum Gasteiger partial charge on any atom is 0.0406 e. The number of rotatable bonds is 1. The number of benzene rings is 3. The molecule has 0 bridgehead atoms. The van der Waals surface area contributed by atoms with Crippen molar-refractivity contribution < 1.29 is 0 Å². The highest BCUT2D eigenvalue weighted by molar-refractivity contribution is 6.30. The van der Waals surface area contributed by atoms with Crippen molar-refractivity contribution in [3.63, 3.8) is 0 Å². The SMILES string of the molecule is Clc1ccc([C@@H]2Cc3ccccc3-c3ccccc32)cc1. The smallest absolute Gasteiger partial charge is 0.0406 e. The molecule has 3 aromatic rings. The first-order valence-electron chi connectivity index (χ1n) is 7.25. The standard InChI is InChI=1S/C20H15Cl/c21-16-11-9-14(10-12-16)20-13-15-5-1-2-6-17(15)18-7-3-4-8-19(18)20/h1-12,20H,13H2/t20-/m0/s1. The Morgan fingerprint density at radius 1 is 0.714 bits per heavy atom. The summed E-state index contributed by atoms with van der Waals surface area (Å²) in [5.41, 5.74) is 6.91. The van der Waals surface area contributed by atoms with Crippen molar-refractivity contribution in [2.24, 2.45) is 0 Å². The molecule has 0 aliphatic heterocycles. The Morgan fingerprint density at radius 2 is 1.38 bits per heavy atom. The van der Waals surface area contributed by atoms with Crippen molar-refractivity contribution in [2.45, 2.75) is 12.3 Å². The first kappa shape index (κ1) is 12.7. The second-order valence-electron chi connectivity index (χ2n) is 5.55. The molecule has 0 nitrogen and oxygen atoms in total. The van der Waals surface area contributed by atoms with E-state index in [2.05, 4.69) is 60.7 Å². The van der Waals surface area contributed by atoms with Gasteiger partial charge in [-0.05, 0) is 46.4 Å². The zero-order chi connectivity index (χ0) is 14.2. The molecular formula is C20H15Cl. The van der Waals surface area contributed by atoms with E-state index in [1.54, 1.807) is 0 Å². The van der Waals surface area contributed by atoms with Crippen LogP contribution in [0.2, 0.25) is 5.02 Å². The van der Waals surface area contributed by atoms with Crippen molar-refractivity contribution >= 4 is 11.6 Å². The quantitative estimate of drug-likeness (QED) is 0.540. The van der Waals surface area contributed by atoms with Crippen LogP contribution >= 0.6 is 11.6 Å². The highest BCUT2D eigenvalue weighted by Crippen LogP contribution is 2.42. The van der Waals surface area contributed by atoms with Crippen LogP contribution < -0.4 is 0 Å².